The predicted molar refractivity (Wildman–Crippen MR) is 67.0 cm³/mol. The molecule has 0 atom stereocenters. The van der Waals surface area contributed by atoms with Gasteiger partial charge < -0.3 is 9.80 Å². The van der Waals surface area contributed by atoms with Crippen molar-refractivity contribution in [3.63, 3.8) is 0 Å². The first-order chi connectivity index (χ1) is 7.66. The van der Waals surface area contributed by atoms with E-state index in [0.717, 1.165) is 30.8 Å². The first-order valence-electron chi connectivity index (χ1n) is 5.92. The Hall–Kier alpha value is -1.32. The predicted octanol–water partition coefficient (Wildman–Crippen LogP) is 1.78. The molecule has 0 amide bonds. The first-order valence-corrected chi connectivity index (χ1v) is 5.92. The smallest absolute Gasteiger partial charge is 0.227 e. The van der Waals surface area contributed by atoms with Crippen molar-refractivity contribution in [2.24, 2.45) is 5.92 Å². The molecule has 1 aliphatic rings. The maximum atomic E-state index is 4.56. The zero-order valence-corrected chi connectivity index (χ0v) is 10.3. The third-order valence-electron chi connectivity index (χ3n) is 3.15. The Morgan fingerprint density at radius 2 is 2.00 bits per heavy atom. The zero-order valence-electron chi connectivity index (χ0n) is 10.3. The second-order valence-electron chi connectivity index (χ2n) is 4.78. The normalized spacial score (nSPS) is 17.6. The van der Waals surface area contributed by atoms with E-state index in [1.54, 1.807) is 0 Å². The van der Waals surface area contributed by atoms with Crippen LogP contribution in [0.2, 0.25) is 0 Å². The molecule has 4 nitrogen and oxygen atoms in total. The summed E-state index contributed by atoms with van der Waals surface area (Å²) < 4.78 is 0. The van der Waals surface area contributed by atoms with Gasteiger partial charge in [-0.05, 0) is 24.8 Å². The van der Waals surface area contributed by atoms with Gasteiger partial charge in [0.15, 0.2) is 0 Å². The van der Waals surface area contributed by atoms with Crippen LogP contribution in [0.5, 0.6) is 0 Å². The molecule has 1 aromatic heterocycles. The third-order valence-corrected chi connectivity index (χ3v) is 3.15. The van der Waals surface area contributed by atoms with E-state index in [1.165, 1.54) is 12.8 Å². The second kappa shape index (κ2) is 4.68. The molecule has 0 aromatic carbocycles. The maximum absolute atomic E-state index is 4.56. The highest BCUT2D eigenvalue weighted by Crippen LogP contribution is 2.20. The molecule has 0 radical (unpaired) electrons. The summed E-state index contributed by atoms with van der Waals surface area (Å²) in [6, 6.07) is 1.94. The van der Waals surface area contributed by atoms with Crippen LogP contribution in [-0.4, -0.2) is 37.2 Å². The molecule has 1 saturated heterocycles. The van der Waals surface area contributed by atoms with Gasteiger partial charge in [-0.15, -0.1) is 0 Å². The van der Waals surface area contributed by atoms with Crippen LogP contribution in [0.25, 0.3) is 0 Å². The van der Waals surface area contributed by atoms with Crippen LogP contribution in [-0.2, 0) is 0 Å². The van der Waals surface area contributed by atoms with Gasteiger partial charge in [0.1, 0.15) is 5.82 Å². The highest BCUT2D eigenvalue weighted by atomic mass is 15.3. The van der Waals surface area contributed by atoms with E-state index in [9.17, 15) is 0 Å². The molecule has 4 heteroatoms. The van der Waals surface area contributed by atoms with Crippen LogP contribution < -0.4 is 9.80 Å². The van der Waals surface area contributed by atoms with E-state index in [-0.39, 0.29) is 0 Å². The SMILES string of the molecule is CC1CCN(c2nccc(N(C)C)n2)CC1. The molecule has 2 heterocycles. The zero-order chi connectivity index (χ0) is 11.5. The van der Waals surface area contributed by atoms with Gasteiger partial charge >= 0.3 is 0 Å². The summed E-state index contributed by atoms with van der Waals surface area (Å²) in [6.45, 7) is 4.48. The van der Waals surface area contributed by atoms with Crippen LogP contribution in [0.3, 0.4) is 0 Å². The molecule has 1 aliphatic heterocycles. The summed E-state index contributed by atoms with van der Waals surface area (Å²) in [5, 5.41) is 0. The van der Waals surface area contributed by atoms with Gasteiger partial charge in [0.05, 0.1) is 0 Å². The van der Waals surface area contributed by atoms with Crippen molar-refractivity contribution in [1.29, 1.82) is 0 Å². The minimum atomic E-state index is 0.841. The van der Waals surface area contributed by atoms with Crippen molar-refractivity contribution in [2.45, 2.75) is 19.8 Å². The number of aromatic nitrogens is 2. The summed E-state index contributed by atoms with van der Waals surface area (Å²) in [6.07, 6.45) is 4.33. The Labute approximate surface area is 97.3 Å². The lowest BCUT2D eigenvalue weighted by molar-refractivity contribution is 0.434. The molecule has 0 spiro atoms. The summed E-state index contributed by atoms with van der Waals surface area (Å²) >= 11 is 0. The Morgan fingerprint density at radius 1 is 1.31 bits per heavy atom. The summed E-state index contributed by atoms with van der Waals surface area (Å²) in [5.74, 6) is 2.69. The largest absolute Gasteiger partial charge is 0.363 e. The molecular weight excluding hydrogens is 200 g/mol. The van der Waals surface area contributed by atoms with E-state index in [1.807, 2.05) is 31.3 Å². The topological polar surface area (TPSA) is 32.3 Å². The molecular formula is C12H20N4. The molecule has 88 valence electrons. The Kier molecular flexibility index (Phi) is 3.27. The molecule has 0 unspecified atom stereocenters. The number of nitrogens with zero attached hydrogens (tertiary/aromatic N) is 4. The molecule has 2 rings (SSSR count). The lowest BCUT2D eigenvalue weighted by Crippen LogP contribution is -2.34. The fourth-order valence-corrected chi connectivity index (χ4v) is 1.95. The van der Waals surface area contributed by atoms with E-state index in [2.05, 4.69) is 21.8 Å². The third kappa shape index (κ3) is 2.43. The molecule has 16 heavy (non-hydrogen) atoms. The average molecular weight is 220 g/mol. The van der Waals surface area contributed by atoms with Gasteiger partial charge in [0.2, 0.25) is 5.95 Å². The summed E-state index contributed by atoms with van der Waals surface area (Å²) in [5.41, 5.74) is 0. The van der Waals surface area contributed by atoms with Crippen LogP contribution >= 0.6 is 0 Å². The van der Waals surface area contributed by atoms with E-state index in [4.69, 9.17) is 0 Å². The van der Waals surface area contributed by atoms with Gasteiger partial charge in [-0.25, -0.2) is 4.98 Å². The first kappa shape index (κ1) is 11.2. The van der Waals surface area contributed by atoms with Crippen molar-refractivity contribution >= 4 is 11.8 Å². The van der Waals surface area contributed by atoms with E-state index in [0.29, 0.717) is 0 Å². The molecule has 0 bridgehead atoms. The van der Waals surface area contributed by atoms with Gasteiger partial charge in [0.25, 0.3) is 0 Å². The summed E-state index contributed by atoms with van der Waals surface area (Å²) in [4.78, 5) is 13.2. The Balaban J connectivity index is 2.11. The van der Waals surface area contributed by atoms with E-state index >= 15 is 0 Å². The minimum absolute atomic E-state index is 0.841. The fourth-order valence-electron chi connectivity index (χ4n) is 1.95. The molecule has 1 fully saturated rings. The second-order valence-corrected chi connectivity index (χ2v) is 4.78. The van der Waals surface area contributed by atoms with Crippen LogP contribution in [0, 0.1) is 5.92 Å². The van der Waals surface area contributed by atoms with Crippen molar-refractivity contribution in [3.8, 4) is 0 Å². The maximum Gasteiger partial charge on any atom is 0.227 e. The van der Waals surface area contributed by atoms with Gasteiger partial charge in [-0.2, -0.15) is 4.98 Å². The number of rotatable bonds is 2. The number of hydrogen-bond donors (Lipinski definition) is 0. The van der Waals surface area contributed by atoms with Crippen molar-refractivity contribution in [1.82, 2.24) is 9.97 Å². The van der Waals surface area contributed by atoms with Gasteiger partial charge in [0, 0.05) is 33.4 Å². The minimum Gasteiger partial charge on any atom is -0.363 e. The average Bonchev–Trinajstić information content (AvgIpc) is 2.30. The van der Waals surface area contributed by atoms with Crippen LogP contribution in [0.15, 0.2) is 12.3 Å². The van der Waals surface area contributed by atoms with Gasteiger partial charge in [-0.1, -0.05) is 6.92 Å². The standard InChI is InChI=1S/C12H20N4/c1-10-5-8-16(9-6-10)12-13-7-4-11(14-12)15(2)3/h4,7,10H,5-6,8-9H2,1-3H3. The quantitative estimate of drug-likeness (QED) is 0.760. The van der Waals surface area contributed by atoms with Gasteiger partial charge in [-0.3, -0.25) is 0 Å². The van der Waals surface area contributed by atoms with Crippen molar-refractivity contribution in [2.75, 3.05) is 37.0 Å². The lowest BCUT2D eigenvalue weighted by atomic mass is 10.00. The highest BCUT2D eigenvalue weighted by Gasteiger charge is 2.18. The van der Waals surface area contributed by atoms with Crippen molar-refractivity contribution < 1.29 is 0 Å². The van der Waals surface area contributed by atoms with Crippen LogP contribution in [0.4, 0.5) is 11.8 Å². The monoisotopic (exact) mass is 220 g/mol. The number of piperidine rings is 1. The van der Waals surface area contributed by atoms with E-state index < -0.39 is 0 Å². The highest BCUT2D eigenvalue weighted by molar-refractivity contribution is 5.42. The number of anilines is 2. The molecule has 0 aliphatic carbocycles. The fraction of sp³-hybridized carbons (Fsp3) is 0.667. The Bertz CT molecular complexity index is 343. The Morgan fingerprint density at radius 3 is 2.62 bits per heavy atom. The lowest BCUT2D eigenvalue weighted by Gasteiger charge is -2.30. The molecule has 0 N–H and O–H groups in total. The molecule has 0 saturated carbocycles. The van der Waals surface area contributed by atoms with Crippen LogP contribution in [0.1, 0.15) is 19.8 Å². The summed E-state index contributed by atoms with van der Waals surface area (Å²) in [7, 11) is 4.01. The number of hydrogen-bond acceptors (Lipinski definition) is 4. The van der Waals surface area contributed by atoms with Crippen molar-refractivity contribution in [3.05, 3.63) is 12.3 Å². The molecule has 1 aromatic rings.